The van der Waals surface area contributed by atoms with Crippen molar-refractivity contribution in [2.75, 3.05) is 33.0 Å². The molecule has 312 valence electrons. The number of hydrogen-bond acceptors (Lipinski definition) is 14. The molecule has 14 heteroatoms. The van der Waals surface area contributed by atoms with Crippen molar-refractivity contribution in [1.29, 1.82) is 0 Å². The molecule has 0 N–H and O–H groups in total. The maximum Gasteiger partial charge on any atom is 0.310 e. The molecule has 13 atom stereocenters. The molecule has 9 aliphatic rings. The third-order valence-corrected chi connectivity index (χ3v) is 13.5. The van der Waals surface area contributed by atoms with Crippen LogP contribution in [0.3, 0.4) is 0 Å². The van der Waals surface area contributed by atoms with Crippen LogP contribution in [0.1, 0.15) is 116 Å². The van der Waals surface area contributed by atoms with Crippen LogP contribution < -0.4 is 0 Å². The van der Waals surface area contributed by atoms with E-state index < -0.39 is 48.6 Å². The number of unbranched alkanes of at least 4 members (excludes halogenated alkanes) is 2. The van der Waals surface area contributed by atoms with Crippen molar-refractivity contribution < 1.29 is 66.6 Å². The molecular formula is C42H60O14. The Morgan fingerprint density at radius 2 is 0.875 bits per heavy atom. The molecule has 5 heterocycles. The van der Waals surface area contributed by atoms with Crippen molar-refractivity contribution in [3.05, 3.63) is 0 Å². The predicted octanol–water partition coefficient (Wildman–Crippen LogP) is 4.55. The van der Waals surface area contributed by atoms with E-state index >= 15 is 0 Å². The van der Waals surface area contributed by atoms with E-state index in [1.807, 2.05) is 0 Å². The molecule has 9 fully saturated rings. The fraction of sp³-hybridized carbons (Fsp3) is 0.881. The van der Waals surface area contributed by atoms with Crippen molar-refractivity contribution in [3.8, 4) is 0 Å². The van der Waals surface area contributed by atoms with Crippen molar-refractivity contribution in [3.63, 3.8) is 0 Å². The van der Waals surface area contributed by atoms with Gasteiger partial charge in [0, 0.05) is 6.42 Å². The second-order valence-electron chi connectivity index (χ2n) is 17.9. The minimum Gasteiger partial charge on any atom is -0.466 e. The molecule has 0 aromatic rings. The number of fused-ring (bicyclic) bond motifs is 5. The summed E-state index contributed by atoms with van der Waals surface area (Å²) in [7, 11) is 0. The number of epoxide rings is 3. The van der Waals surface area contributed by atoms with Crippen LogP contribution in [0.5, 0.6) is 0 Å². The third-order valence-electron chi connectivity index (χ3n) is 13.5. The molecular weight excluding hydrogens is 728 g/mol. The average Bonchev–Trinajstić information content (AvgIpc) is 4.09. The van der Waals surface area contributed by atoms with Crippen LogP contribution in [-0.2, 0) is 66.6 Å². The molecule has 0 aromatic carbocycles. The van der Waals surface area contributed by atoms with Crippen molar-refractivity contribution in [2.45, 2.75) is 164 Å². The first-order chi connectivity index (χ1) is 27.2. The third kappa shape index (κ3) is 11.2. The SMILES string of the molecule is O=C(CCCCCOC(=O)CC(C(=O)OCC1CCC2OC2C1)C(CC(=O)OCC1CC2CC(C1)O2)C(=O)OCC1CCC2OC2C1)OCC1CCC2OC2C1. The van der Waals surface area contributed by atoms with Crippen LogP contribution in [-0.4, -0.2) is 112 Å². The molecule has 4 aliphatic carbocycles. The fourth-order valence-corrected chi connectivity index (χ4v) is 9.85. The quantitative estimate of drug-likeness (QED) is 0.0685. The highest BCUT2D eigenvalue weighted by Crippen LogP contribution is 2.42. The summed E-state index contributed by atoms with van der Waals surface area (Å²) in [5.74, 6) is -4.82. The first-order valence-corrected chi connectivity index (χ1v) is 21.6. The molecule has 0 aromatic heterocycles. The normalized spacial score (nSPS) is 36.8. The van der Waals surface area contributed by atoms with Gasteiger partial charge in [-0.15, -0.1) is 0 Å². The van der Waals surface area contributed by atoms with Gasteiger partial charge in [-0.3, -0.25) is 24.0 Å². The average molecular weight is 789 g/mol. The molecule has 56 heavy (non-hydrogen) atoms. The summed E-state index contributed by atoms with van der Waals surface area (Å²) in [5, 5.41) is 0. The molecule has 9 rings (SSSR count). The number of esters is 5. The zero-order valence-corrected chi connectivity index (χ0v) is 32.6. The van der Waals surface area contributed by atoms with Gasteiger partial charge in [-0.05, 0) is 120 Å². The van der Waals surface area contributed by atoms with E-state index in [2.05, 4.69) is 0 Å². The monoisotopic (exact) mass is 788 g/mol. The maximum absolute atomic E-state index is 13.9. The van der Waals surface area contributed by atoms with Crippen LogP contribution >= 0.6 is 0 Å². The van der Waals surface area contributed by atoms with Gasteiger partial charge >= 0.3 is 29.8 Å². The fourth-order valence-electron chi connectivity index (χ4n) is 9.85. The predicted molar refractivity (Wildman–Crippen MR) is 193 cm³/mol. The van der Waals surface area contributed by atoms with Crippen LogP contribution in [0.2, 0.25) is 0 Å². The smallest absolute Gasteiger partial charge is 0.310 e. The van der Waals surface area contributed by atoms with Crippen molar-refractivity contribution in [2.24, 2.45) is 35.5 Å². The molecule has 2 bridgehead atoms. The van der Waals surface area contributed by atoms with Gasteiger partial charge in [-0.1, -0.05) is 0 Å². The van der Waals surface area contributed by atoms with Gasteiger partial charge in [-0.25, -0.2) is 0 Å². The molecule has 5 saturated heterocycles. The van der Waals surface area contributed by atoms with Crippen LogP contribution in [0.4, 0.5) is 0 Å². The van der Waals surface area contributed by atoms with Crippen LogP contribution in [0.15, 0.2) is 0 Å². The Morgan fingerprint density at radius 3 is 1.38 bits per heavy atom. The number of carbonyl (C=O) groups excluding carboxylic acids is 5. The molecule has 13 unspecified atom stereocenters. The molecule has 4 saturated carbocycles. The van der Waals surface area contributed by atoms with E-state index in [1.165, 1.54) is 0 Å². The highest BCUT2D eigenvalue weighted by Gasteiger charge is 2.47. The standard InChI is InChI=1S/C42H60O14/c43-38(49-20-24-5-8-32-35(14-24)54-32)4-2-1-3-11-48-39(44)18-30(41(46)51-21-25-6-9-33-36(15-25)55-33)31(42(47)52-22-26-7-10-34-37(16-26)56-34)19-40(45)50-23-27-12-28-17-29(13-27)53-28/h24-37H,1-23H2. The molecule has 0 amide bonds. The molecule has 0 spiro atoms. The topological polar surface area (TPSA) is 178 Å². The Morgan fingerprint density at radius 1 is 0.429 bits per heavy atom. The summed E-state index contributed by atoms with van der Waals surface area (Å²) in [6.07, 6.45) is 14.1. The van der Waals surface area contributed by atoms with E-state index in [1.54, 1.807) is 0 Å². The van der Waals surface area contributed by atoms with Crippen LogP contribution in [0, 0.1) is 35.5 Å². The lowest BCUT2D eigenvalue weighted by Gasteiger charge is -2.45. The van der Waals surface area contributed by atoms with E-state index in [9.17, 15) is 24.0 Å². The summed E-state index contributed by atoms with van der Waals surface area (Å²) in [6.45, 7) is 1.00. The zero-order chi connectivity index (χ0) is 38.6. The second kappa shape index (κ2) is 18.4. The maximum atomic E-state index is 13.9. The van der Waals surface area contributed by atoms with E-state index in [4.69, 9.17) is 42.6 Å². The molecule has 0 radical (unpaired) electrons. The van der Waals surface area contributed by atoms with Gasteiger partial charge in [0.15, 0.2) is 0 Å². The number of rotatable bonds is 21. The largest absolute Gasteiger partial charge is 0.466 e. The van der Waals surface area contributed by atoms with E-state index in [0.717, 1.165) is 77.0 Å². The lowest BCUT2D eigenvalue weighted by Crippen LogP contribution is -2.46. The molecule has 14 nitrogen and oxygen atoms in total. The highest BCUT2D eigenvalue weighted by molar-refractivity contribution is 5.88. The minimum absolute atomic E-state index is 0.0844. The van der Waals surface area contributed by atoms with Crippen LogP contribution in [0.25, 0.3) is 0 Å². The first kappa shape index (κ1) is 40.0. The van der Waals surface area contributed by atoms with Crippen molar-refractivity contribution >= 4 is 29.8 Å². The lowest BCUT2D eigenvalue weighted by molar-refractivity contribution is -0.183. The van der Waals surface area contributed by atoms with E-state index in [-0.39, 0.29) is 81.0 Å². The Labute approximate surface area is 328 Å². The summed E-state index contributed by atoms with van der Waals surface area (Å²) in [5.41, 5.74) is 0. The number of ether oxygens (including phenoxy) is 9. The minimum atomic E-state index is -1.30. The van der Waals surface area contributed by atoms with Gasteiger partial charge in [0.25, 0.3) is 0 Å². The van der Waals surface area contributed by atoms with Gasteiger partial charge in [0.2, 0.25) is 0 Å². The first-order valence-electron chi connectivity index (χ1n) is 21.6. The lowest BCUT2D eigenvalue weighted by atomic mass is 9.81. The number of hydrogen-bond donors (Lipinski definition) is 0. The summed E-state index contributed by atoms with van der Waals surface area (Å²) < 4.78 is 50.9. The Bertz CT molecular complexity index is 1400. The summed E-state index contributed by atoms with van der Waals surface area (Å²) in [4.78, 5) is 66.8. The Balaban J connectivity index is 0.834. The zero-order valence-electron chi connectivity index (χ0n) is 32.6. The highest BCUT2D eigenvalue weighted by atomic mass is 16.6. The Kier molecular flexibility index (Phi) is 13.1. The summed E-state index contributed by atoms with van der Waals surface area (Å²) >= 11 is 0. The van der Waals surface area contributed by atoms with Crippen molar-refractivity contribution in [1.82, 2.24) is 0 Å². The van der Waals surface area contributed by atoms with Gasteiger partial charge < -0.3 is 42.6 Å². The second-order valence-corrected chi connectivity index (χ2v) is 17.9. The number of carbonyl (C=O) groups is 5. The van der Waals surface area contributed by atoms with E-state index in [0.29, 0.717) is 56.2 Å². The summed E-state index contributed by atoms with van der Waals surface area (Å²) in [6, 6.07) is 0. The van der Waals surface area contributed by atoms with Gasteiger partial charge in [0.1, 0.15) is 0 Å². The molecule has 5 aliphatic heterocycles. The Hall–Kier alpha value is -2.81. The van der Waals surface area contributed by atoms with Gasteiger partial charge in [0.05, 0.1) is 107 Å². The van der Waals surface area contributed by atoms with Gasteiger partial charge in [-0.2, -0.15) is 0 Å².